The molecule has 2 unspecified atom stereocenters. The highest BCUT2D eigenvalue weighted by Gasteiger charge is 2.34. The van der Waals surface area contributed by atoms with Gasteiger partial charge >= 0.3 is 0 Å². The van der Waals surface area contributed by atoms with E-state index in [1.165, 1.54) is 11.6 Å². The molecule has 0 aliphatic carbocycles. The molecule has 0 radical (unpaired) electrons. The summed E-state index contributed by atoms with van der Waals surface area (Å²) in [5.74, 6) is -0.313. The lowest BCUT2D eigenvalue weighted by molar-refractivity contribution is 0.323. The fraction of sp³-hybridized carbons (Fsp3) is 0.294. The molecule has 2 aromatic carbocycles. The van der Waals surface area contributed by atoms with Crippen LogP contribution in [0.5, 0.6) is 0 Å². The summed E-state index contributed by atoms with van der Waals surface area (Å²) >= 11 is 6.17. The third-order valence-corrected chi connectivity index (χ3v) is 4.39. The summed E-state index contributed by atoms with van der Waals surface area (Å²) in [6.45, 7) is 2.32. The van der Waals surface area contributed by atoms with Gasteiger partial charge in [-0.05, 0) is 17.7 Å². The predicted molar refractivity (Wildman–Crippen MR) is 83.8 cm³/mol. The lowest BCUT2D eigenvalue weighted by Crippen LogP contribution is -2.29. The maximum Gasteiger partial charge on any atom is 0.128 e. The topological polar surface area (TPSA) is 29.3 Å². The molecule has 1 aliphatic rings. The van der Waals surface area contributed by atoms with E-state index in [4.69, 9.17) is 17.3 Å². The summed E-state index contributed by atoms with van der Waals surface area (Å²) in [5.41, 5.74) is 8.02. The highest BCUT2D eigenvalue weighted by Crippen LogP contribution is 2.33. The number of halogens is 2. The van der Waals surface area contributed by atoms with Gasteiger partial charge in [-0.15, -0.1) is 0 Å². The van der Waals surface area contributed by atoms with Crippen LogP contribution in [0.2, 0.25) is 5.02 Å². The van der Waals surface area contributed by atoms with Crippen LogP contribution in [0.4, 0.5) is 4.39 Å². The summed E-state index contributed by atoms with van der Waals surface area (Å²) in [5, 5.41) is 0.469. The molecule has 3 rings (SSSR count). The van der Waals surface area contributed by atoms with E-state index in [1.807, 2.05) is 18.2 Å². The first-order valence-corrected chi connectivity index (χ1v) is 7.48. The molecule has 2 atom stereocenters. The van der Waals surface area contributed by atoms with Crippen molar-refractivity contribution in [3.8, 4) is 0 Å². The molecule has 110 valence electrons. The zero-order valence-corrected chi connectivity index (χ0v) is 12.4. The second-order valence-corrected chi connectivity index (χ2v) is 5.99. The lowest BCUT2D eigenvalue weighted by Gasteiger charge is -2.17. The molecular formula is C17H18ClFN2. The van der Waals surface area contributed by atoms with Crippen LogP contribution in [0.3, 0.4) is 0 Å². The van der Waals surface area contributed by atoms with Gasteiger partial charge in [0.1, 0.15) is 5.82 Å². The maximum absolute atomic E-state index is 14.1. The van der Waals surface area contributed by atoms with Crippen LogP contribution in [0.25, 0.3) is 0 Å². The third kappa shape index (κ3) is 3.10. The van der Waals surface area contributed by atoms with E-state index in [0.29, 0.717) is 10.6 Å². The number of hydrogen-bond donors (Lipinski definition) is 1. The fourth-order valence-corrected chi connectivity index (χ4v) is 3.36. The van der Waals surface area contributed by atoms with Crippen molar-refractivity contribution in [2.24, 2.45) is 5.73 Å². The minimum absolute atomic E-state index is 0.0533. The van der Waals surface area contributed by atoms with Crippen LogP contribution < -0.4 is 5.73 Å². The Morgan fingerprint density at radius 1 is 1.10 bits per heavy atom. The zero-order valence-electron chi connectivity index (χ0n) is 11.7. The van der Waals surface area contributed by atoms with Gasteiger partial charge in [0.05, 0.1) is 0 Å². The Kier molecular flexibility index (Phi) is 4.24. The Morgan fingerprint density at radius 2 is 1.86 bits per heavy atom. The molecule has 2 N–H and O–H groups in total. The van der Waals surface area contributed by atoms with Gasteiger partial charge in [-0.1, -0.05) is 48.0 Å². The molecule has 1 aliphatic heterocycles. The molecule has 1 heterocycles. The van der Waals surface area contributed by atoms with E-state index < -0.39 is 0 Å². The third-order valence-electron chi connectivity index (χ3n) is 4.06. The van der Waals surface area contributed by atoms with E-state index in [9.17, 15) is 4.39 Å². The number of hydrogen-bond acceptors (Lipinski definition) is 2. The van der Waals surface area contributed by atoms with E-state index in [0.717, 1.165) is 19.6 Å². The average molecular weight is 305 g/mol. The molecule has 0 saturated carbocycles. The Bertz CT molecular complexity index is 597. The molecule has 0 aromatic heterocycles. The average Bonchev–Trinajstić information content (AvgIpc) is 2.80. The van der Waals surface area contributed by atoms with Crippen LogP contribution in [0.15, 0.2) is 48.5 Å². The van der Waals surface area contributed by atoms with E-state index >= 15 is 0 Å². The number of nitrogens with zero attached hydrogens (tertiary/aromatic N) is 1. The van der Waals surface area contributed by atoms with Crippen molar-refractivity contribution in [2.45, 2.75) is 18.5 Å². The van der Waals surface area contributed by atoms with Gasteiger partial charge in [0, 0.05) is 42.2 Å². The molecule has 0 spiro atoms. The summed E-state index contributed by atoms with van der Waals surface area (Å²) in [4.78, 5) is 2.26. The Morgan fingerprint density at radius 3 is 2.57 bits per heavy atom. The molecule has 4 heteroatoms. The Labute approximate surface area is 129 Å². The number of likely N-dealkylation sites (tertiary alicyclic amines) is 1. The standard InChI is InChI=1S/C17H18ClFN2/c18-14-7-4-8-15(19)17(14)13-10-21(11-16(13)20)9-12-5-2-1-3-6-12/h1-8,13,16H,9-11,20H2. The second-order valence-electron chi connectivity index (χ2n) is 5.59. The summed E-state index contributed by atoms with van der Waals surface area (Å²) in [6, 6.07) is 14.9. The molecular weight excluding hydrogens is 287 g/mol. The fourth-order valence-electron chi connectivity index (χ4n) is 3.05. The molecule has 21 heavy (non-hydrogen) atoms. The monoisotopic (exact) mass is 304 g/mol. The van der Waals surface area contributed by atoms with Crippen LogP contribution in [0.1, 0.15) is 17.0 Å². The largest absolute Gasteiger partial charge is 0.326 e. The summed E-state index contributed by atoms with van der Waals surface area (Å²) in [6.07, 6.45) is 0. The molecule has 0 bridgehead atoms. The van der Waals surface area contributed by atoms with E-state index in [1.54, 1.807) is 12.1 Å². The van der Waals surface area contributed by atoms with Gasteiger partial charge in [0.15, 0.2) is 0 Å². The van der Waals surface area contributed by atoms with Gasteiger partial charge in [-0.2, -0.15) is 0 Å². The molecule has 2 aromatic rings. The van der Waals surface area contributed by atoms with Crippen molar-refractivity contribution < 1.29 is 4.39 Å². The zero-order chi connectivity index (χ0) is 14.8. The van der Waals surface area contributed by atoms with Crippen LogP contribution in [-0.2, 0) is 6.54 Å². The lowest BCUT2D eigenvalue weighted by atomic mass is 9.94. The van der Waals surface area contributed by atoms with Crippen molar-refractivity contribution in [1.82, 2.24) is 4.90 Å². The van der Waals surface area contributed by atoms with Crippen LogP contribution >= 0.6 is 11.6 Å². The summed E-state index contributed by atoms with van der Waals surface area (Å²) < 4.78 is 14.1. The molecule has 0 amide bonds. The van der Waals surface area contributed by atoms with Gasteiger partial charge in [-0.3, -0.25) is 4.90 Å². The van der Waals surface area contributed by atoms with E-state index in [2.05, 4.69) is 17.0 Å². The van der Waals surface area contributed by atoms with Gasteiger partial charge in [0.2, 0.25) is 0 Å². The highest BCUT2D eigenvalue weighted by molar-refractivity contribution is 6.31. The highest BCUT2D eigenvalue weighted by atomic mass is 35.5. The summed E-state index contributed by atoms with van der Waals surface area (Å²) in [7, 11) is 0. The quantitative estimate of drug-likeness (QED) is 0.941. The maximum atomic E-state index is 14.1. The van der Waals surface area contributed by atoms with Crippen molar-refractivity contribution in [2.75, 3.05) is 13.1 Å². The van der Waals surface area contributed by atoms with Crippen LogP contribution in [0, 0.1) is 5.82 Å². The Hall–Kier alpha value is -1.42. The number of benzene rings is 2. The minimum Gasteiger partial charge on any atom is -0.326 e. The Balaban J connectivity index is 1.77. The SMILES string of the molecule is NC1CN(Cc2ccccc2)CC1c1c(F)cccc1Cl. The van der Waals surface area contributed by atoms with Gasteiger partial charge in [-0.25, -0.2) is 4.39 Å². The first kappa shape index (κ1) is 14.5. The first-order chi connectivity index (χ1) is 10.1. The van der Waals surface area contributed by atoms with Crippen molar-refractivity contribution in [3.05, 3.63) is 70.5 Å². The number of nitrogens with two attached hydrogens (primary N) is 1. The molecule has 2 nitrogen and oxygen atoms in total. The normalized spacial score (nSPS) is 22.6. The van der Waals surface area contributed by atoms with Gasteiger partial charge in [0.25, 0.3) is 0 Å². The van der Waals surface area contributed by atoms with Crippen LogP contribution in [-0.4, -0.2) is 24.0 Å². The second kappa shape index (κ2) is 6.14. The van der Waals surface area contributed by atoms with Gasteiger partial charge < -0.3 is 5.73 Å². The van der Waals surface area contributed by atoms with Crippen molar-refractivity contribution in [3.63, 3.8) is 0 Å². The van der Waals surface area contributed by atoms with Crippen molar-refractivity contribution >= 4 is 11.6 Å². The van der Waals surface area contributed by atoms with Crippen molar-refractivity contribution in [1.29, 1.82) is 0 Å². The number of rotatable bonds is 3. The van der Waals surface area contributed by atoms with E-state index in [-0.39, 0.29) is 17.8 Å². The minimum atomic E-state index is -0.260. The predicted octanol–water partition coefficient (Wildman–Crippen LogP) is 3.41. The molecule has 1 fully saturated rings. The first-order valence-electron chi connectivity index (χ1n) is 7.11. The smallest absolute Gasteiger partial charge is 0.128 e. The molecule has 1 saturated heterocycles.